The van der Waals surface area contributed by atoms with Gasteiger partial charge in [0.05, 0.1) is 11.6 Å². The van der Waals surface area contributed by atoms with Crippen molar-refractivity contribution in [1.82, 2.24) is 9.80 Å². The molecule has 1 aromatic rings. The molecule has 1 unspecified atom stereocenters. The second-order valence-corrected chi connectivity index (χ2v) is 7.15. The van der Waals surface area contributed by atoms with Gasteiger partial charge in [0.25, 0.3) is 5.91 Å². The van der Waals surface area contributed by atoms with Crippen molar-refractivity contribution >= 4 is 17.7 Å². The topological polar surface area (TPSA) is 87.2 Å². The van der Waals surface area contributed by atoms with Crippen LogP contribution in [0.25, 0.3) is 0 Å². The van der Waals surface area contributed by atoms with Crippen molar-refractivity contribution in [3.05, 3.63) is 41.2 Å². The van der Waals surface area contributed by atoms with E-state index in [4.69, 9.17) is 4.74 Å². The molecule has 0 saturated heterocycles. The summed E-state index contributed by atoms with van der Waals surface area (Å²) < 4.78 is 5.04. The van der Waals surface area contributed by atoms with Gasteiger partial charge in [-0.3, -0.25) is 14.4 Å². The number of esters is 1. The fourth-order valence-corrected chi connectivity index (χ4v) is 2.99. The van der Waals surface area contributed by atoms with Crippen LogP contribution in [-0.2, 0) is 14.4 Å². The van der Waals surface area contributed by atoms with Gasteiger partial charge in [0.2, 0.25) is 0 Å². The number of amides is 1. The summed E-state index contributed by atoms with van der Waals surface area (Å²) >= 11 is 0. The molecule has 1 aromatic carbocycles. The monoisotopic (exact) mass is 374 g/mol. The normalized spacial score (nSPS) is 17.2. The van der Waals surface area contributed by atoms with E-state index in [1.807, 2.05) is 19.0 Å². The Morgan fingerprint density at radius 3 is 2.30 bits per heavy atom. The fourth-order valence-electron chi connectivity index (χ4n) is 2.99. The van der Waals surface area contributed by atoms with Crippen LogP contribution in [0.5, 0.6) is 5.75 Å². The summed E-state index contributed by atoms with van der Waals surface area (Å²) in [7, 11) is 3.77. The SMILES string of the molecule is CC(=O)Oc1ccc(C2C(C(=O)C(C)C)=C(O)C(=O)N2CCN(C)C)cc1. The Morgan fingerprint density at radius 1 is 1.22 bits per heavy atom. The molecule has 1 amide bonds. The first-order valence-electron chi connectivity index (χ1n) is 8.85. The summed E-state index contributed by atoms with van der Waals surface area (Å²) in [6, 6.07) is 5.95. The van der Waals surface area contributed by atoms with Crippen LogP contribution in [-0.4, -0.2) is 59.8 Å². The molecule has 1 aliphatic rings. The molecule has 0 bridgehead atoms. The highest BCUT2D eigenvalue weighted by Gasteiger charge is 2.43. The van der Waals surface area contributed by atoms with Crippen LogP contribution in [0.15, 0.2) is 35.6 Å². The fraction of sp³-hybridized carbons (Fsp3) is 0.450. The number of hydrogen-bond acceptors (Lipinski definition) is 6. The van der Waals surface area contributed by atoms with Crippen LogP contribution in [0.4, 0.5) is 0 Å². The van der Waals surface area contributed by atoms with E-state index in [1.54, 1.807) is 38.1 Å². The average molecular weight is 374 g/mol. The van der Waals surface area contributed by atoms with Crippen LogP contribution in [0.1, 0.15) is 32.4 Å². The van der Waals surface area contributed by atoms with Crippen molar-refractivity contribution in [2.75, 3.05) is 27.2 Å². The first kappa shape index (κ1) is 20.6. The Hall–Kier alpha value is -2.67. The third-order valence-electron chi connectivity index (χ3n) is 4.34. The number of Topliss-reactive ketones (excluding diaryl/α,β-unsaturated/α-hetero) is 1. The van der Waals surface area contributed by atoms with Gasteiger partial charge in [0.1, 0.15) is 5.75 Å². The molecule has 7 nitrogen and oxygen atoms in total. The summed E-state index contributed by atoms with van der Waals surface area (Å²) in [6.45, 7) is 5.73. The molecule has 1 heterocycles. The maximum Gasteiger partial charge on any atom is 0.308 e. The lowest BCUT2D eigenvalue weighted by molar-refractivity contribution is -0.132. The first-order chi connectivity index (χ1) is 12.6. The van der Waals surface area contributed by atoms with E-state index in [0.29, 0.717) is 24.4 Å². The minimum Gasteiger partial charge on any atom is -0.503 e. The maximum atomic E-state index is 12.7. The number of likely N-dealkylation sites (N-methyl/N-ethyl adjacent to an activating group) is 1. The minimum absolute atomic E-state index is 0.119. The molecule has 146 valence electrons. The molecule has 27 heavy (non-hydrogen) atoms. The zero-order chi connectivity index (χ0) is 20.3. The summed E-state index contributed by atoms with van der Waals surface area (Å²) in [6.07, 6.45) is 0. The number of aliphatic hydroxyl groups is 1. The quantitative estimate of drug-likeness (QED) is 0.581. The lowest BCUT2D eigenvalue weighted by atomic mass is 9.91. The largest absolute Gasteiger partial charge is 0.503 e. The van der Waals surface area contributed by atoms with E-state index >= 15 is 0 Å². The molecular weight excluding hydrogens is 348 g/mol. The predicted molar refractivity (Wildman–Crippen MR) is 100 cm³/mol. The molecule has 2 rings (SSSR count). The molecule has 1 N–H and O–H groups in total. The number of hydrogen-bond donors (Lipinski definition) is 1. The van der Waals surface area contributed by atoms with E-state index in [-0.39, 0.29) is 17.3 Å². The zero-order valence-corrected chi connectivity index (χ0v) is 16.4. The molecule has 0 fully saturated rings. The summed E-state index contributed by atoms with van der Waals surface area (Å²) in [5.74, 6) is -1.70. The number of benzene rings is 1. The molecule has 1 aliphatic heterocycles. The highest BCUT2D eigenvalue weighted by atomic mass is 16.5. The predicted octanol–water partition coefficient (Wildman–Crippen LogP) is 2.09. The number of aliphatic hydroxyl groups excluding tert-OH is 1. The van der Waals surface area contributed by atoms with Crippen LogP contribution in [0, 0.1) is 5.92 Å². The Bertz CT molecular complexity index is 765. The van der Waals surface area contributed by atoms with Crippen LogP contribution in [0.3, 0.4) is 0 Å². The van der Waals surface area contributed by atoms with Crippen molar-refractivity contribution in [2.45, 2.75) is 26.8 Å². The van der Waals surface area contributed by atoms with Gasteiger partial charge in [0.15, 0.2) is 11.5 Å². The van der Waals surface area contributed by atoms with E-state index < -0.39 is 23.7 Å². The van der Waals surface area contributed by atoms with Crippen LogP contribution >= 0.6 is 0 Å². The molecule has 0 saturated carbocycles. The Balaban J connectivity index is 2.44. The van der Waals surface area contributed by atoms with Crippen molar-refractivity contribution in [2.24, 2.45) is 5.92 Å². The van der Waals surface area contributed by atoms with Gasteiger partial charge in [-0.2, -0.15) is 0 Å². The van der Waals surface area contributed by atoms with Gasteiger partial charge < -0.3 is 19.6 Å². The first-order valence-corrected chi connectivity index (χ1v) is 8.85. The lowest BCUT2D eigenvalue weighted by Crippen LogP contribution is -2.36. The average Bonchev–Trinajstić information content (AvgIpc) is 2.83. The number of nitrogens with zero attached hydrogens (tertiary/aromatic N) is 2. The second-order valence-electron chi connectivity index (χ2n) is 7.15. The standard InChI is InChI=1S/C20H26N2O5/c1-12(2)18(24)16-17(14-6-8-15(9-7-14)27-13(3)23)22(11-10-21(4)5)20(26)19(16)25/h6-9,12,17,25H,10-11H2,1-5H3. The molecule has 0 aromatic heterocycles. The Labute approximate surface area is 159 Å². The van der Waals surface area contributed by atoms with Crippen molar-refractivity contribution in [1.29, 1.82) is 0 Å². The zero-order valence-electron chi connectivity index (χ0n) is 16.4. The van der Waals surface area contributed by atoms with E-state index in [2.05, 4.69) is 0 Å². The number of ketones is 1. The lowest BCUT2D eigenvalue weighted by Gasteiger charge is -2.28. The summed E-state index contributed by atoms with van der Waals surface area (Å²) in [5, 5.41) is 10.4. The van der Waals surface area contributed by atoms with Crippen molar-refractivity contribution < 1.29 is 24.2 Å². The molecule has 7 heteroatoms. The third-order valence-corrected chi connectivity index (χ3v) is 4.34. The van der Waals surface area contributed by atoms with Gasteiger partial charge in [0, 0.05) is 25.9 Å². The second kappa shape index (κ2) is 8.35. The van der Waals surface area contributed by atoms with Crippen molar-refractivity contribution in [3.8, 4) is 5.75 Å². The summed E-state index contributed by atoms with van der Waals surface area (Å²) in [4.78, 5) is 39.9. The van der Waals surface area contributed by atoms with E-state index in [1.165, 1.54) is 11.8 Å². The molecule has 0 spiro atoms. The highest BCUT2D eigenvalue weighted by Crippen LogP contribution is 2.39. The Morgan fingerprint density at radius 2 is 1.81 bits per heavy atom. The van der Waals surface area contributed by atoms with Gasteiger partial charge in [-0.05, 0) is 31.8 Å². The number of rotatable bonds is 7. The number of carbonyl (C=O) groups is 3. The molecule has 1 atom stereocenters. The molecule has 0 radical (unpaired) electrons. The van der Waals surface area contributed by atoms with Crippen molar-refractivity contribution in [3.63, 3.8) is 0 Å². The highest BCUT2D eigenvalue weighted by molar-refractivity contribution is 6.09. The van der Waals surface area contributed by atoms with Gasteiger partial charge in [-0.1, -0.05) is 26.0 Å². The number of carbonyl (C=O) groups excluding carboxylic acids is 3. The minimum atomic E-state index is -0.668. The molecular formula is C20H26N2O5. The third kappa shape index (κ3) is 4.54. The van der Waals surface area contributed by atoms with E-state index in [0.717, 1.165) is 0 Å². The van der Waals surface area contributed by atoms with E-state index in [9.17, 15) is 19.5 Å². The van der Waals surface area contributed by atoms with Gasteiger partial charge >= 0.3 is 5.97 Å². The maximum absolute atomic E-state index is 12.7. The molecule has 0 aliphatic carbocycles. The van der Waals surface area contributed by atoms with Gasteiger partial charge in [-0.15, -0.1) is 0 Å². The summed E-state index contributed by atoms with van der Waals surface area (Å²) in [5.41, 5.74) is 0.792. The Kier molecular flexibility index (Phi) is 6.38. The van der Waals surface area contributed by atoms with Crippen LogP contribution < -0.4 is 4.74 Å². The van der Waals surface area contributed by atoms with Gasteiger partial charge in [-0.25, -0.2) is 0 Å². The number of ether oxygens (including phenoxy) is 1. The smallest absolute Gasteiger partial charge is 0.308 e. The van der Waals surface area contributed by atoms with Crippen LogP contribution in [0.2, 0.25) is 0 Å².